The third-order valence-electron chi connectivity index (χ3n) is 3.01. The van der Waals surface area contributed by atoms with Crippen LogP contribution in [0.15, 0.2) is 37.1 Å². The van der Waals surface area contributed by atoms with Crippen molar-refractivity contribution < 1.29 is 0 Å². The van der Waals surface area contributed by atoms with Crippen LogP contribution < -0.4 is 5.73 Å². The normalized spacial score (nSPS) is 15.4. The summed E-state index contributed by atoms with van der Waals surface area (Å²) in [5.74, 6) is -0.335. The Balaban J connectivity index is 5.36. The van der Waals surface area contributed by atoms with E-state index in [1.54, 1.807) is 10.0 Å². The molecule has 2 atom stereocenters. The van der Waals surface area contributed by atoms with Crippen LogP contribution in [0.1, 0.15) is 26.7 Å². The van der Waals surface area contributed by atoms with Crippen molar-refractivity contribution in [3.05, 3.63) is 37.1 Å². The summed E-state index contributed by atoms with van der Waals surface area (Å²) in [6.45, 7) is 15.6. The lowest BCUT2D eigenvalue weighted by molar-refractivity contribution is 0.455. The fourth-order valence-electron chi connectivity index (χ4n) is 1.77. The summed E-state index contributed by atoms with van der Waals surface area (Å²) in [6, 6.07) is 0. The molecular formula is C14H24BrN3. The second kappa shape index (κ2) is 6.90. The second-order valence-electron chi connectivity index (χ2n) is 4.74. The molecule has 0 radical (unpaired) electrons. The summed E-state index contributed by atoms with van der Waals surface area (Å²) >= 11 is 3.34. The largest absolute Gasteiger partial charge is 0.321 e. The molecule has 0 bridgehead atoms. The Morgan fingerprint density at radius 2 is 2.06 bits per heavy atom. The predicted molar refractivity (Wildman–Crippen MR) is 83.9 cm³/mol. The molecule has 2 unspecified atom stereocenters. The number of hydrogen-bond donors (Lipinski definition) is 2. The van der Waals surface area contributed by atoms with Crippen LogP contribution in [0.2, 0.25) is 0 Å². The van der Waals surface area contributed by atoms with Crippen molar-refractivity contribution in [3.63, 3.8) is 0 Å². The molecule has 3 nitrogen and oxygen atoms in total. The predicted octanol–water partition coefficient (Wildman–Crippen LogP) is 3.64. The highest BCUT2D eigenvalue weighted by molar-refractivity contribution is 9.07. The van der Waals surface area contributed by atoms with Crippen molar-refractivity contribution in [3.8, 4) is 0 Å². The lowest BCUT2D eigenvalue weighted by Gasteiger charge is -2.35. The van der Waals surface area contributed by atoms with Gasteiger partial charge in [-0.1, -0.05) is 32.6 Å². The van der Waals surface area contributed by atoms with E-state index >= 15 is 0 Å². The molecule has 0 aromatic heterocycles. The highest BCUT2D eigenvalue weighted by atomic mass is 79.9. The van der Waals surface area contributed by atoms with E-state index < -0.39 is 5.54 Å². The van der Waals surface area contributed by atoms with Crippen LogP contribution in [-0.4, -0.2) is 22.2 Å². The van der Waals surface area contributed by atoms with Gasteiger partial charge in [-0.3, -0.25) is 0 Å². The standard InChI is InChI=1S/C14H24BrN3/c1-7-9-10(3)13(16)12(11(4)18(6)15)14(5,17)8-2/h8,12,16H,2-4,7,9,17H2,1,5-6H3. The van der Waals surface area contributed by atoms with E-state index in [1.165, 1.54) is 0 Å². The van der Waals surface area contributed by atoms with Gasteiger partial charge in [0.05, 0.1) is 5.92 Å². The SMILES string of the molecule is C=CC(C)(N)C(C(=C)N(C)Br)C(=N)C(=C)CCC. The number of hydrogen-bond acceptors (Lipinski definition) is 3. The first-order valence-electron chi connectivity index (χ1n) is 5.96. The van der Waals surface area contributed by atoms with Gasteiger partial charge in [-0.15, -0.1) is 6.58 Å². The van der Waals surface area contributed by atoms with Gasteiger partial charge in [0, 0.05) is 40.1 Å². The maximum Gasteiger partial charge on any atom is 0.0623 e. The monoisotopic (exact) mass is 313 g/mol. The van der Waals surface area contributed by atoms with E-state index in [4.69, 9.17) is 11.1 Å². The molecule has 0 heterocycles. The highest BCUT2D eigenvalue weighted by Gasteiger charge is 2.35. The Hall–Kier alpha value is -0.870. The van der Waals surface area contributed by atoms with Crippen LogP contribution >= 0.6 is 16.1 Å². The first-order chi connectivity index (χ1) is 8.18. The third kappa shape index (κ3) is 4.10. The molecule has 0 aliphatic heterocycles. The van der Waals surface area contributed by atoms with E-state index in [0.29, 0.717) is 5.71 Å². The van der Waals surface area contributed by atoms with Crippen LogP contribution in [0.25, 0.3) is 0 Å². The van der Waals surface area contributed by atoms with E-state index in [2.05, 4.69) is 42.8 Å². The lowest BCUT2D eigenvalue weighted by atomic mass is 9.78. The van der Waals surface area contributed by atoms with Crippen molar-refractivity contribution in [2.24, 2.45) is 11.7 Å². The van der Waals surface area contributed by atoms with Crippen LogP contribution in [0, 0.1) is 11.3 Å². The van der Waals surface area contributed by atoms with Gasteiger partial charge in [0.2, 0.25) is 0 Å². The molecule has 0 aliphatic carbocycles. The molecule has 0 saturated carbocycles. The Morgan fingerprint density at radius 1 is 1.56 bits per heavy atom. The Morgan fingerprint density at radius 3 is 2.39 bits per heavy atom. The molecule has 3 N–H and O–H groups in total. The summed E-state index contributed by atoms with van der Waals surface area (Å²) in [7, 11) is 1.82. The van der Waals surface area contributed by atoms with E-state index in [0.717, 1.165) is 24.1 Å². The first kappa shape index (κ1) is 17.1. The number of nitrogens with two attached hydrogens (primary N) is 1. The number of rotatable bonds is 8. The van der Waals surface area contributed by atoms with E-state index in [-0.39, 0.29) is 5.92 Å². The van der Waals surface area contributed by atoms with Crippen LogP contribution in [0.5, 0.6) is 0 Å². The summed E-state index contributed by atoms with van der Waals surface area (Å²) < 4.78 is 1.71. The molecule has 0 aromatic rings. The zero-order valence-corrected chi connectivity index (χ0v) is 13.2. The van der Waals surface area contributed by atoms with Gasteiger partial charge in [-0.2, -0.15) is 0 Å². The average Bonchev–Trinajstić information content (AvgIpc) is 2.28. The van der Waals surface area contributed by atoms with E-state index in [1.807, 2.05) is 14.0 Å². The molecule has 18 heavy (non-hydrogen) atoms. The van der Waals surface area contributed by atoms with Crippen molar-refractivity contribution in [2.75, 3.05) is 7.05 Å². The molecule has 0 amide bonds. The number of halogens is 1. The van der Waals surface area contributed by atoms with E-state index in [9.17, 15) is 0 Å². The molecular weight excluding hydrogens is 290 g/mol. The topological polar surface area (TPSA) is 53.1 Å². The molecule has 0 aromatic carbocycles. The minimum atomic E-state index is -0.729. The van der Waals surface area contributed by atoms with Gasteiger partial charge in [0.25, 0.3) is 0 Å². The highest BCUT2D eigenvalue weighted by Crippen LogP contribution is 2.30. The second-order valence-corrected chi connectivity index (χ2v) is 5.80. The number of nitrogens with zero attached hydrogens (tertiary/aromatic N) is 1. The van der Waals surface area contributed by atoms with Crippen molar-refractivity contribution >= 4 is 21.9 Å². The van der Waals surface area contributed by atoms with Crippen molar-refractivity contribution in [1.29, 1.82) is 5.41 Å². The third-order valence-corrected chi connectivity index (χ3v) is 3.47. The zero-order chi connectivity index (χ0) is 14.5. The summed E-state index contributed by atoms with van der Waals surface area (Å²) in [5, 5.41) is 8.30. The van der Waals surface area contributed by atoms with Gasteiger partial charge in [-0.05, 0) is 18.9 Å². The Labute approximate surface area is 119 Å². The van der Waals surface area contributed by atoms with Gasteiger partial charge >= 0.3 is 0 Å². The zero-order valence-electron chi connectivity index (χ0n) is 11.6. The molecule has 0 rings (SSSR count). The summed E-state index contributed by atoms with van der Waals surface area (Å²) in [6.07, 6.45) is 3.41. The average molecular weight is 314 g/mol. The smallest absolute Gasteiger partial charge is 0.0623 e. The van der Waals surface area contributed by atoms with Crippen molar-refractivity contribution in [1.82, 2.24) is 3.93 Å². The molecule has 102 valence electrons. The van der Waals surface area contributed by atoms with Gasteiger partial charge in [-0.25, -0.2) is 0 Å². The number of allylic oxidation sites excluding steroid dienone is 1. The van der Waals surface area contributed by atoms with Gasteiger partial charge in [0.1, 0.15) is 0 Å². The maximum atomic E-state index is 8.30. The Bertz CT molecular complexity index is 356. The summed E-state index contributed by atoms with van der Waals surface area (Å²) in [4.78, 5) is 0. The Kier molecular flexibility index (Phi) is 6.57. The first-order valence-corrected chi connectivity index (χ1v) is 6.67. The van der Waals surface area contributed by atoms with Crippen LogP contribution in [0.4, 0.5) is 0 Å². The minimum Gasteiger partial charge on any atom is -0.321 e. The fraction of sp³-hybridized carbons (Fsp3) is 0.500. The molecule has 0 fully saturated rings. The van der Waals surface area contributed by atoms with Crippen molar-refractivity contribution in [2.45, 2.75) is 32.2 Å². The van der Waals surface area contributed by atoms with Crippen LogP contribution in [-0.2, 0) is 0 Å². The van der Waals surface area contributed by atoms with Gasteiger partial charge < -0.3 is 15.1 Å². The molecule has 0 saturated heterocycles. The minimum absolute atomic E-state index is 0.335. The quantitative estimate of drug-likeness (QED) is 0.408. The number of nitrogens with one attached hydrogen (secondary N) is 1. The molecule has 0 spiro atoms. The van der Waals surface area contributed by atoms with Crippen LogP contribution in [0.3, 0.4) is 0 Å². The molecule has 4 heteroatoms. The van der Waals surface area contributed by atoms with Gasteiger partial charge in [0.15, 0.2) is 0 Å². The fourth-order valence-corrected chi connectivity index (χ4v) is 1.98. The molecule has 0 aliphatic rings. The lowest BCUT2D eigenvalue weighted by Crippen LogP contribution is -2.48. The maximum absolute atomic E-state index is 8.30. The summed E-state index contributed by atoms with van der Waals surface area (Å²) in [5.41, 5.74) is 7.45.